The van der Waals surface area contributed by atoms with Crippen LogP contribution in [0.4, 0.5) is 11.4 Å². The number of nitrogens with two attached hydrogens (primary N) is 1. The number of fused-ring (bicyclic) bond motifs is 1. The lowest BCUT2D eigenvalue weighted by Crippen LogP contribution is -2.24. The Hall–Kier alpha value is -1.51. The SMILES string of the molecule is CC1Cc2ccccc2N1c1ccc([C@H](C)N)cc1Cl. The molecule has 3 rings (SSSR count). The first kappa shape index (κ1) is 13.5. The zero-order valence-corrected chi connectivity index (χ0v) is 12.6. The summed E-state index contributed by atoms with van der Waals surface area (Å²) in [6.07, 6.45) is 1.06. The number of rotatable bonds is 2. The van der Waals surface area contributed by atoms with Crippen molar-refractivity contribution in [2.24, 2.45) is 5.73 Å². The van der Waals surface area contributed by atoms with Crippen molar-refractivity contribution in [2.45, 2.75) is 32.4 Å². The highest BCUT2D eigenvalue weighted by molar-refractivity contribution is 6.33. The fraction of sp³-hybridized carbons (Fsp3) is 0.294. The van der Waals surface area contributed by atoms with Crippen molar-refractivity contribution in [3.8, 4) is 0 Å². The summed E-state index contributed by atoms with van der Waals surface area (Å²) in [5, 5.41) is 0.767. The van der Waals surface area contributed by atoms with Gasteiger partial charge < -0.3 is 10.6 Å². The molecule has 3 heteroatoms. The van der Waals surface area contributed by atoms with Gasteiger partial charge in [-0.05, 0) is 49.6 Å². The zero-order valence-electron chi connectivity index (χ0n) is 11.8. The summed E-state index contributed by atoms with van der Waals surface area (Å²) in [5.41, 5.74) is 10.7. The Kier molecular flexibility index (Phi) is 3.45. The van der Waals surface area contributed by atoms with Crippen LogP contribution in [-0.2, 0) is 6.42 Å². The molecular weight excluding hydrogens is 268 g/mol. The predicted octanol–water partition coefficient (Wildman–Crippen LogP) is 4.44. The van der Waals surface area contributed by atoms with Gasteiger partial charge >= 0.3 is 0 Å². The largest absolute Gasteiger partial charge is 0.337 e. The Bertz CT molecular complexity index is 637. The second-order valence-electron chi connectivity index (χ2n) is 5.55. The number of hydrogen-bond acceptors (Lipinski definition) is 2. The van der Waals surface area contributed by atoms with Crippen LogP contribution in [0.15, 0.2) is 42.5 Å². The van der Waals surface area contributed by atoms with Crippen molar-refractivity contribution in [1.82, 2.24) is 0 Å². The Morgan fingerprint density at radius 2 is 1.95 bits per heavy atom. The van der Waals surface area contributed by atoms with Gasteiger partial charge in [-0.15, -0.1) is 0 Å². The van der Waals surface area contributed by atoms with Crippen molar-refractivity contribution < 1.29 is 0 Å². The highest BCUT2D eigenvalue weighted by atomic mass is 35.5. The summed E-state index contributed by atoms with van der Waals surface area (Å²) in [7, 11) is 0. The molecule has 2 aromatic carbocycles. The molecule has 0 saturated carbocycles. The van der Waals surface area contributed by atoms with E-state index in [0.29, 0.717) is 6.04 Å². The second kappa shape index (κ2) is 5.12. The summed E-state index contributed by atoms with van der Waals surface area (Å²) >= 11 is 6.49. The molecular formula is C17H19ClN2. The molecule has 0 radical (unpaired) electrons. The topological polar surface area (TPSA) is 29.3 Å². The van der Waals surface area contributed by atoms with E-state index < -0.39 is 0 Å². The number of para-hydroxylation sites is 1. The first-order valence-electron chi connectivity index (χ1n) is 7.00. The molecule has 1 unspecified atom stereocenters. The van der Waals surface area contributed by atoms with E-state index in [1.807, 2.05) is 13.0 Å². The summed E-state index contributed by atoms with van der Waals surface area (Å²) in [5.74, 6) is 0. The van der Waals surface area contributed by atoms with Crippen LogP contribution >= 0.6 is 11.6 Å². The van der Waals surface area contributed by atoms with Crippen molar-refractivity contribution in [2.75, 3.05) is 4.90 Å². The van der Waals surface area contributed by atoms with Crippen molar-refractivity contribution in [3.63, 3.8) is 0 Å². The Balaban J connectivity index is 2.05. The summed E-state index contributed by atoms with van der Waals surface area (Å²) in [6, 6.07) is 15.1. The lowest BCUT2D eigenvalue weighted by molar-refractivity contribution is 0.758. The van der Waals surface area contributed by atoms with Crippen molar-refractivity contribution >= 4 is 23.0 Å². The van der Waals surface area contributed by atoms with E-state index in [1.165, 1.54) is 11.3 Å². The van der Waals surface area contributed by atoms with E-state index in [0.717, 1.165) is 22.7 Å². The van der Waals surface area contributed by atoms with Gasteiger partial charge in [-0.2, -0.15) is 0 Å². The summed E-state index contributed by atoms with van der Waals surface area (Å²) in [6.45, 7) is 4.20. The van der Waals surface area contributed by atoms with E-state index in [2.05, 4.69) is 48.2 Å². The number of hydrogen-bond donors (Lipinski definition) is 1. The van der Waals surface area contributed by atoms with Crippen molar-refractivity contribution in [3.05, 3.63) is 58.6 Å². The third kappa shape index (κ3) is 2.19. The molecule has 20 heavy (non-hydrogen) atoms. The normalized spacial score (nSPS) is 19.0. The lowest BCUT2D eigenvalue weighted by Gasteiger charge is -2.26. The molecule has 2 aromatic rings. The number of halogens is 1. The summed E-state index contributed by atoms with van der Waals surface area (Å²) in [4.78, 5) is 2.32. The van der Waals surface area contributed by atoms with Crippen molar-refractivity contribution in [1.29, 1.82) is 0 Å². The molecule has 104 valence electrons. The van der Waals surface area contributed by atoms with Gasteiger partial charge in [0.25, 0.3) is 0 Å². The van der Waals surface area contributed by atoms with Gasteiger partial charge in [0.2, 0.25) is 0 Å². The average molecular weight is 287 g/mol. The fourth-order valence-corrected chi connectivity index (χ4v) is 3.21. The van der Waals surface area contributed by atoms with Crippen LogP contribution in [0.25, 0.3) is 0 Å². The monoisotopic (exact) mass is 286 g/mol. The van der Waals surface area contributed by atoms with Crippen LogP contribution in [0.1, 0.15) is 31.0 Å². The minimum absolute atomic E-state index is 0.00448. The van der Waals surface area contributed by atoms with E-state index in [9.17, 15) is 0 Å². The zero-order chi connectivity index (χ0) is 14.3. The van der Waals surface area contributed by atoms with Crippen LogP contribution < -0.4 is 10.6 Å². The standard InChI is InChI=1S/C17H19ClN2/c1-11-9-14-5-3-4-6-16(14)20(11)17-8-7-13(12(2)19)10-15(17)18/h3-8,10-12H,9,19H2,1-2H3/t11?,12-/m0/s1. The van der Waals surface area contributed by atoms with Gasteiger partial charge in [-0.3, -0.25) is 0 Å². The van der Waals surface area contributed by atoms with Gasteiger partial charge in [-0.25, -0.2) is 0 Å². The van der Waals surface area contributed by atoms with E-state index in [-0.39, 0.29) is 6.04 Å². The molecule has 0 saturated heterocycles. The fourth-order valence-electron chi connectivity index (χ4n) is 2.93. The third-order valence-electron chi connectivity index (χ3n) is 3.96. The molecule has 2 nitrogen and oxygen atoms in total. The van der Waals surface area contributed by atoms with Crippen LogP contribution in [0.2, 0.25) is 5.02 Å². The summed E-state index contributed by atoms with van der Waals surface area (Å²) < 4.78 is 0. The molecule has 1 aliphatic heterocycles. The Morgan fingerprint density at radius 3 is 2.65 bits per heavy atom. The molecule has 0 aromatic heterocycles. The van der Waals surface area contributed by atoms with E-state index >= 15 is 0 Å². The number of nitrogens with zero attached hydrogens (tertiary/aromatic N) is 1. The highest BCUT2D eigenvalue weighted by Crippen LogP contribution is 2.41. The molecule has 1 heterocycles. The Morgan fingerprint density at radius 1 is 1.20 bits per heavy atom. The second-order valence-corrected chi connectivity index (χ2v) is 5.96. The number of benzene rings is 2. The quantitative estimate of drug-likeness (QED) is 0.884. The molecule has 0 amide bonds. The van der Waals surface area contributed by atoms with E-state index in [1.54, 1.807) is 0 Å². The third-order valence-corrected chi connectivity index (χ3v) is 4.27. The molecule has 2 N–H and O–H groups in total. The minimum atomic E-state index is 0.00448. The minimum Gasteiger partial charge on any atom is -0.337 e. The first-order valence-corrected chi connectivity index (χ1v) is 7.38. The molecule has 0 aliphatic carbocycles. The van der Waals surface area contributed by atoms with Gasteiger partial charge in [0.05, 0.1) is 10.7 Å². The van der Waals surface area contributed by atoms with Gasteiger partial charge in [0.1, 0.15) is 0 Å². The maximum Gasteiger partial charge on any atom is 0.0646 e. The van der Waals surface area contributed by atoms with Crippen LogP contribution in [0, 0.1) is 0 Å². The van der Waals surface area contributed by atoms with E-state index in [4.69, 9.17) is 17.3 Å². The molecule has 1 aliphatic rings. The smallest absolute Gasteiger partial charge is 0.0646 e. The van der Waals surface area contributed by atoms with Crippen LogP contribution in [-0.4, -0.2) is 6.04 Å². The molecule has 0 fully saturated rings. The average Bonchev–Trinajstić information content (AvgIpc) is 2.74. The molecule has 0 spiro atoms. The maximum absolute atomic E-state index is 6.49. The van der Waals surface area contributed by atoms with Gasteiger partial charge in [0.15, 0.2) is 0 Å². The number of anilines is 2. The Labute approximate surface area is 125 Å². The molecule has 2 atom stereocenters. The van der Waals surface area contributed by atoms with Gasteiger partial charge in [0, 0.05) is 17.8 Å². The first-order chi connectivity index (χ1) is 9.58. The van der Waals surface area contributed by atoms with Gasteiger partial charge in [-0.1, -0.05) is 35.9 Å². The van der Waals surface area contributed by atoms with Crippen LogP contribution in [0.3, 0.4) is 0 Å². The lowest BCUT2D eigenvalue weighted by atomic mass is 10.1. The van der Waals surface area contributed by atoms with Crippen LogP contribution in [0.5, 0.6) is 0 Å². The maximum atomic E-state index is 6.49. The molecule has 0 bridgehead atoms. The highest BCUT2D eigenvalue weighted by Gasteiger charge is 2.28. The predicted molar refractivity (Wildman–Crippen MR) is 85.8 cm³/mol.